The van der Waals surface area contributed by atoms with Gasteiger partial charge in [0.2, 0.25) is 10.0 Å². The molecular weight excluding hydrogens is 310 g/mol. The molecule has 1 fully saturated rings. The van der Waals surface area contributed by atoms with Crippen molar-refractivity contribution < 1.29 is 8.42 Å². The minimum Gasteiger partial charge on any atom is -0.372 e. The predicted molar refractivity (Wildman–Crippen MR) is 85.2 cm³/mol. The SMILES string of the molecule is CCC1(C)CCN(S(=O)(=O)c2cnc(NC)c(Cl)c2)CC1. The highest BCUT2D eigenvalue weighted by Gasteiger charge is 2.34. The number of aromatic nitrogens is 1. The summed E-state index contributed by atoms with van der Waals surface area (Å²) in [6.45, 7) is 5.48. The van der Waals surface area contributed by atoms with Gasteiger partial charge in [0.25, 0.3) is 0 Å². The van der Waals surface area contributed by atoms with E-state index in [1.54, 1.807) is 7.05 Å². The first-order chi connectivity index (χ1) is 9.82. The molecule has 1 aromatic rings. The molecule has 0 amide bonds. The van der Waals surface area contributed by atoms with Crippen molar-refractivity contribution in [3.8, 4) is 0 Å². The molecule has 0 spiro atoms. The van der Waals surface area contributed by atoms with Crippen molar-refractivity contribution in [1.82, 2.24) is 9.29 Å². The van der Waals surface area contributed by atoms with Crippen molar-refractivity contribution in [2.24, 2.45) is 5.41 Å². The van der Waals surface area contributed by atoms with Crippen LogP contribution in [0.4, 0.5) is 5.82 Å². The Bertz CT molecular complexity index is 611. The molecule has 1 aliphatic rings. The lowest BCUT2D eigenvalue weighted by atomic mass is 9.79. The standard InChI is InChI=1S/C14H22ClN3O2S/c1-4-14(2)5-7-18(8-6-14)21(19,20)11-9-12(15)13(16-3)17-10-11/h9-10H,4-8H2,1-3H3,(H,16,17). The zero-order valence-corrected chi connectivity index (χ0v) is 14.3. The van der Waals surface area contributed by atoms with Gasteiger partial charge in [0.1, 0.15) is 10.7 Å². The second kappa shape index (κ2) is 6.10. The average Bonchev–Trinajstić information content (AvgIpc) is 2.47. The molecule has 1 aliphatic heterocycles. The fourth-order valence-electron chi connectivity index (χ4n) is 2.51. The summed E-state index contributed by atoms with van der Waals surface area (Å²) >= 11 is 6.03. The highest BCUT2D eigenvalue weighted by Crippen LogP contribution is 2.36. The third-order valence-corrected chi connectivity index (χ3v) is 6.63. The van der Waals surface area contributed by atoms with Crippen LogP contribution >= 0.6 is 11.6 Å². The van der Waals surface area contributed by atoms with Crippen LogP contribution in [-0.2, 0) is 10.0 Å². The molecule has 1 saturated heterocycles. The Morgan fingerprint density at radius 1 is 1.43 bits per heavy atom. The number of piperidine rings is 1. The van der Waals surface area contributed by atoms with Crippen molar-refractivity contribution in [1.29, 1.82) is 0 Å². The summed E-state index contributed by atoms with van der Waals surface area (Å²) in [5.74, 6) is 0.479. The van der Waals surface area contributed by atoms with Crippen molar-refractivity contribution in [3.05, 3.63) is 17.3 Å². The maximum atomic E-state index is 12.6. The lowest BCUT2D eigenvalue weighted by molar-refractivity contribution is 0.169. The summed E-state index contributed by atoms with van der Waals surface area (Å²) in [5, 5.41) is 3.13. The third-order valence-electron chi connectivity index (χ3n) is 4.47. The maximum Gasteiger partial charge on any atom is 0.244 e. The molecule has 0 unspecified atom stereocenters. The third kappa shape index (κ3) is 3.33. The summed E-state index contributed by atoms with van der Waals surface area (Å²) < 4.78 is 26.8. The Hall–Kier alpha value is -0.850. The molecule has 7 heteroatoms. The highest BCUT2D eigenvalue weighted by molar-refractivity contribution is 7.89. The topological polar surface area (TPSA) is 62.3 Å². The first kappa shape index (κ1) is 16.5. The van der Waals surface area contributed by atoms with E-state index in [2.05, 4.69) is 24.1 Å². The van der Waals surface area contributed by atoms with Crippen LogP contribution in [0.3, 0.4) is 0 Å². The number of nitrogens with zero attached hydrogens (tertiary/aromatic N) is 2. The van der Waals surface area contributed by atoms with Crippen molar-refractivity contribution in [2.45, 2.75) is 38.0 Å². The minimum atomic E-state index is -3.51. The second-order valence-electron chi connectivity index (χ2n) is 5.82. The molecule has 5 nitrogen and oxygen atoms in total. The van der Waals surface area contributed by atoms with Gasteiger partial charge >= 0.3 is 0 Å². The van der Waals surface area contributed by atoms with E-state index in [1.165, 1.54) is 16.6 Å². The highest BCUT2D eigenvalue weighted by atomic mass is 35.5. The van der Waals surface area contributed by atoms with Crippen LogP contribution in [0.15, 0.2) is 17.2 Å². The summed E-state index contributed by atoms with van der Waals surface area (Å²) in [4.78, 5) is 4.21. The number of sulfonamides is 1. The van der Waals surface area contributed by atoms with E-state index in [-0.39, 0.29) is 10.3 Å². The van der Waals surface area contributed by atoms with E-state index in [4.69, 9.17) is 11.6 Å². The van der Waals surface area contributed by atoms with Gasteiger partial charge in [-0.25, -0.2) is 13.4 Å². The summed E-state index contributed by atoms with van der Waals surface area (Å²) in [6.07, 6.45) is 4.21. The fourth-order valence-corrected chi connectivity index (χ4v) is 4.25. The Labute approximate surface area is 131 Å². The van der Waals surface area contributed by atoms with Crippen LogP contribution in [0.5, 0.6) is 0 Å². The van der Waals surface area contributed by atoms with Crippen molar-refractivity contribution >= 4 is 27.4 Å². The number of hydrogen-bond donors (Lipinski definition) is 1. The van der Waals surface area contributed by atoms with Gasteiger partial charge in [0, 0.05) is 26.3 Å². The monoisotopic (exact) mass is 331 g/mol. The van der Waals surface area contributed by atoms with Crippen LogP contribution < -0.4 is 5.32 Å². The van der Waals surface area contributed by atoms with E-state index >= 15 is 0 Å². The number of hydrogen-bond acceptors (Lipinski definition) is 4. The van der Waals surface area contributed by atoms with Gasteiger partial charge in [-0.1, -0.05) is 31.9 Å². The van der Waals surface area contributed by atoms with Gasteiger partial charge in [-0.3, -0.25) is 0 Å². The number of pyridine rings is 1. The molecule has 0 aromatic carbocycles. The fraction of sp³-hybridized carbons (Fsp3) is 0.643. The quantitative estimate of drug-likeness (QED) is 0.921. The van der Waals surface area contributed by atoms with E-state index in [0.29, 0.717) is 23.9 Å². The lowest BCUT2D eigenvalue weighted by Gasteiger charge is -2.38. The zero-order chi connectivity index (χ0) is 15.7. The number of anilines is 1. The molecule has 0 atom stereocenters. The average molecular weight is 332 g/mol. The largest absolute Gasteiger partial charge is 0.372 e. The smallest absolute Gasteiger partial charge is 0.244 e. The normalized spacial score (nSPS) is 19.4. The van der Waals surface area contributed by atoms with Crippen LogP contribution in [0.1, 0.15) is 33.1 Å². The Morgan fingerprint density at radius 2 is 2.05 bits per heavy atom. The van der Waals surface area contributed by atoms with Gasteiger partial charge in [-0.2, -0.15) is 4.31 Å². The van der Waals surface area contributed by atoms with Crippen LogP contribution in [0.2, 0.25) is 5.02 Å². The molecule has 2 heterocycles. The molecule has 0 bridgehead atoms. The Balaban J connectivity index is 2.21. The summed E-state index contributed by atoms with van der Waals surface area (Å²) in [5.41, 5.74) is 0.248. The molecule has 0 aliphatic carbocycles. The Morgan fingerprint density at radius 3 is 2.52 bits per heavy atom. The molecule has 0 saturated carbocycles. The molecule has 1 N–H and O–H groups in total. The number of nitrogens with one attached hydrogen (secondary N) is 1. The van der Waals surface area contributed by atoms with E-state index < -0.39 is 10.0 Å². The van der Waals surface area contributed by atoms with Crippen molar-refractivity contribution in [2.75, 3.05) is 25.5 Å². The maximum absolute atomic E-state index is 12.6. The van der Waals surface area contributed by atoms with E-state index in [1.807, 2.05) is 0 Å². The van der Waals surface area contributed by atoms with Crippen LogP contribution in [0, 0.1) is 5.41 Å². The van der Waals surface area contributed by atoms with E-state index in [0.717, 1.165) is 19.3 Å². The lowest BCUT2D eigenvalue weighted by Crippen LogP contribution is -2.41. The van der Waals surface area contributed by atoms with Gasteiger partial charge in [0.05, 0.1) is 5.02 Å². The van der Waals surface area contributed by atoms with Gasteiger partial charge in [-0.05, 0) is 24.3 Å². The van der Waals surface area contributed by atoms with Crippen molar-refractivity contribution in [3.63, 3.8) is 0 Å². The molecule has 1 aromatic heterocycles. The predicted octanol–water partition coefficient (Wildman–Crippen LogP) is 2.98. The molecule has 21 heavy (non-hydrogen) atoms. The molecule has 2 rings (SSSR count). The van der Waals surface area contributed by atoms with Crippen LogP contribution in [0.25, 0.3) is 0 Å². The number of rotatable bonds is 4. The first-order valence-corrected chi connectivity index (χ1v) is 8.98. The van der Waals surface area contributed by atoms with Gasteiger partial charge in [-0.15, -0.1) is 0 Å². The molecular formula is C14H22ClN3O2S. The first-order valence-electron chi connectivity index (χ1n) is 7.16. The zero-order valence-electron chi connectivity index (χ0n) is 12.7. The van der Waals surface area contributed by atoms with Crippen LogP contribution in [-0.4, -0.2) is 37.8 Å². The molecule has 118 valence electrons. The molecule has 0 radical (unpaired) electrons. The van der Waals surface area contributed by atoms with E-state index in [9.17, 15) is 8.42 Å². The van der Waals surface area contributed by atoms with Gasteiger partial charge < -0.3 is 5.32 Å². The summed E-state index contributed by atoms with van der Waals surface area (Å²) in [6, 6.07) is 1.46. The second-order valence-corrected chi connectivity index (χ2v) is 8.16. The minimum absolute atomic E-state index is 0.159. The Kier molecular flexibility index (Phi) is 4.80. The van der Waals surface area contributed by atoms with Gasteiger partial charge in [0.15, 0.2) is 0 Å². The number of halogens is 1. The summed E-state index contributed by atoms with van der Waals surface area (Å²) in [7, 11) is -1.82.